The average molecular weight is 254 g/mol. The number of rotatable bonds is 3. The SMILES string of the molecule is COC(C)(C)CC1CC(O)c2cc(F)ccc2O1. The van der Waals surface area contributed by atoms with Crippen LogP contribution in [0.4, 0.5) is 4.39 Å². The second kappa shape index (κ2) is 4.86. The number of ether oxygens (including phenoxy) is 2. The summed E-state index contributed by atoms with van der Waals surface area (Å²) in [6, 6.07) is 4.24. The van der Waals surface area contributed by atoms with Gasteiger partial charge in [0.2, 0.25) is 0 Å². The van der Waals surface area contributed by atoms with Crippen LogP contribution in [-0.2, 0) is 4.74 Å². The highest BCUT2D eigenvalue weighted by molar-refractivity contribution is 5.37. The van der Waals surface area contributed by atoms with Crippen LogP contribution in [-0.4, -0.2) is 23.9 Å². The highest BCUT2D eigenvalue weighted by atomic mass is 19.1. The summed E-state index contributed by atoms with van der Waals surface area (Å²) < 4.78 is 24.3. The highest BCUT2D eigenvalue weighted by Crippen LogP contribution is 2.37. The van der Waals surface area contributed by atoms with Crippen LogP contribution in [0.25, 0.3) is 0 Å². The van der Waals surface area contributed by atoms with Crippen molar-refractivity contribution in [3.8, 4) is 5.75 Å². The maximum Gasteiger partial charge on any atom is 0.125 e. The first kappa shape index (κ1) is 13.3. The van der Waals surface area contributed by atoms with Crippen molar-refractivity contribution in [3.05, 3.63) is 29.6 Å². The lowest BCUT2D eigenvalue weighted by molar-refractivity contribution is -0.0312. The fourth-order valence-electron chi connectivity index (χ4n) is 2.25. The molecule has 100 valence electrons. The van der Waals surface area contributed by atoms with Crippen molar-refractivity contribution in [1.29, 1.82) is 0 Å². The molecule has 0 aromatic heterocycles. The molecule has 4 heteroatoms. The molecule has 1 heterocycles. The van der Waals surface area contributed by atoms with Gasteiger partial charge in [-0.3, -0.25) is 0 Å². The second-order valence-electron chi connectivity index (χ2n) is 5.34. The molecule has 2 unspecified atom stereocenters. The molecule has 0 spiro atoms. The second-order valence-corrected chi connectivity index (χ2v) is 5.34. The molecule has 2 rings (SSSR count). The van der Waals surface area contributed by atoms with Crippen molar-refractivity contribution in [3.63, 3.8) is 0 Å². The van der Waals surface area contributed by atoms with E-state index in [2.05, 4.69) is 0 Å². The van der Waals surface area contributed by atoms with Crippen molar-refractivity contribution in [2.45, 2.75) is 44.5 Å². The largest absolute Gasteiger partial charge is 0.490 e. The Hall–Kier alpha value is -1.13. The Labute approximate surface area is 107 Å². The molecule has 0 aliphatic carbocycles. The summed E-state index contributed by atoms with van der Waals surface area (Å²) in [5.74, 6) is 0.208. The molecular formula is C14H19FO3. The van der Waals surface area contributed by atoms with Gasteiger partial charge in [0.1, 0.15) is 17.7 Å². The lowest BCUT2D eigenvalue weighted by Gasteiger charge is -2.34. The number of aliphatic hydroxyl groups is 1. The Bertz CT molecular complexity index is 431. The summed E-state index contributed by atoms with van der Waals surface area (Å²) >= 11 is 0. The van der Waals surface area contributed by atoms with Crippen LogP contribution in [0.3, 0.4) is 0 Å². The molecule has 1 aliphatic heterocycles. The van der Waals surface area contributed by atoms with E-state index < -0.39 is 6.10 Å². The Morgan fingerprint density at radius 2 is 2.22 bits per heavy atom. The molecule has 0 fully saturated rings. The summed E-state index contributed by atoms with van der Waals surface area (Å²) in [6.07, 6.45) is 0.343. The van der Waals surface area contributed by atoms with Crippen LogP contribution in [0.15, 0.2) is 18.2 Å². The third-order valence-corrected chi connectivity index (χ3v) is 3.38. The Morgan fingerprint density at radius 1 is 1.50 bits per heavy atom. The lowest BCUT2D eigenvalue weighted by atomic mass is 9.92. The van der Waals surface area contributed by atoms with Gasteiger partial charge in [0.15, 0.2) is 0 Å². The third kappa shape index (κ3) is 2.82. The zero-order valence-electron chi connectivity index (χ0n) is 10.9. The van der Waals surface area contributed by atoms with Gasteiger partial charge in [0.25, 0.3) is 0 Å². The quantitative estimate of drug-likeness (QED) is 0.901. The van der Waals surface area contributed by atoms with Gasteiger partial charge in [0, 0.05) is 25.5 Å². The van der Waals surface area contributed by atoms with Crippen LogP contribution < -0.4 is 4.74 Å². The van der Waals surface area contributed by atoms with Gasteiger partial charge in [-0.1, -0.05) is 0 Å². The normalized spacial score (nSPS) is 23.4. The van der Waals surface area contributed by atoms with Crippen molar-refractivity contribution in [2.24, 2.45) is 0 Å². The Kier molecular flexibility index (Phi) is 3.59. The smallest absolute Gasteiger partial charge is 0.125 e. The lowest BCUT2D eigenvalue weighted by Crippen LogP contribution is -2.35. The van der Waals surface area contributed by atoms with E-state index in [4.69, 9.17) is 9.47 Å². The van der Waals surface area contributed by atoms with Gasteiger partial charge < -0.3 is 14.6 Å². The van der Waals surface area contributed by atoms with Gasteiger partial charge >= 0.3 is 0 Å². The Balaban J connectivity index is 2.16. The zero-order chi connectivity index (χ0) is 13.3. The number of hydrogen-bond acceptors (Lipinski definition) is 3. The van der Waals surface area contributed by atoms with E-state index in [1.165, 1.54) is 12.1 Å². The molecule has 1 aromatic carbocycles. The molecule has 18 heavy (non-hydrogen) atoms. The monoisotopic (exact) mass is 254 g/mol. The van der Waals surface area contributed by atoms with Crippen LogP contribution in [0.5, 0.6) is 5.75 Å². The first-order chi connectivity index (χ1) is 8.41. The first-order valence-electron chi connectivity index (χ1n) is 6.10. The molecular weight excluding hydrogens is 235 g/mol. The molecule has 0 bridgehead atoms. The number of benzene rings is 1. The van der Waals surface area contributed by atoms with Crippen molar-refractivity contribution >= 4 is 0 Å². The van der Waals surface area contributed by atoms with E-state index in [0.717, 1.165) is 0 Å². The minimum Gasteiger partial charge on any atom is -0.490 e. The summed E-state index contributed by atoms with van der Waals surface area (Å²) in [5.41, 5.74) is 0.225. The van der Waals surface area contributed by atoms with E-state index in [1.807, 2.05) is 13.8 Å². The number of methoxy groups -OCH3 is 1. The van der Waals surface area contributed by atoms with Crippen molar-refractivity contribution < 1.29 is 19.0 Å². The minimum atomic E-state index is -0.679. The van der Waals surface area contributed by atoms with E-state index in [-0.39, 0.29) is 17.5 Å². The topological polar surface area (TPSA) is 38.7 Å². The van der Waals surface area contributed by atoms with E-state index in [0.29, 0.717) is 24.2 Å². The van der Waals surface area contributed by atoms with E-state index in [1.54, 1.807) is 13.2 Å². The Morgan fingerprint density at radius 3 is 2.89 bits per heavy atom. The molecule has 0 radical (unpaired) electrons. The molecule has 0 saturated carbocycles. The first-order valence-corrected chi connectivity index (χ1v) is 6.10. The minimum absolute atomic E-state index is 0.118. The summed E-state index contributed by atoms with van der Waals surface area (Å²) in [5, 5.41) is 10.0. The van der Waals surface area contributed by atoms with Crippen LogP contribution in [0.2, 0.25) is 0 Å². The van der Waals surface area contributed by atoms with Crippen molar-refractivity contribution in [2.75, 3.05) is 7.11 Å². The molecule has 3 nitrogen and oxygen atoms in total. The number of aliphatic hydroxyl groups excluding tert-OH is 1. The van der Waals surface area contributed by atoms with Gasteiger partial charge in [-0.25, -0.2) is 4.39 Å². The zero-order valence-corrected chi connectivity index (χ0v) is 10.9. The van der Waals surface area contributed by atoms with Crippen LogP contribution >= 0.6 is 0 Å². The average Bonchev–Trinajstić information content (AvgIpc) is 2.30. The predicted octanol–water partition coefficient (Wildman–Crippen LogP) is 2.83. The van der Waals surface area contributed by atoms with Gasteiger partial charge in [0.05, 0.1) is 11.7 Å². The summed E-state index contributed by atoms with van der Waals surface area (Å²) in [7, 11) is 1.66. The molecule has 0 amide bonds. The van der Waals surface area contributed by atoms with Gasteiger partial charge in [-0.05, 0) is 32.0 Å². The van der Waals surface area contributed by atoms with Crippen molar-refractivity contribution in [1.82, 2.24) is 0 Å². The molecule has 1 N–H and O–H groups in total. The number of fused-ring (bicyclic) bond motifs is 1. The fourth-order valence-corrected chi connectivity index (χ4v) is 2.25. The van der Waals surface area contributed by atoms with Gasteiger partial charge in [-0.2, -0.15) is 0 Å². The predicted molar refractivity (Wildman–Crippen MR) is 66.1 cm³/mol. The summed E-state index contributed by atoms with van der Waals surface area (Å²) in [6.45, 7) is 3.95. The van der Waals surface area contributed by atoms with Crippen LogP contribution in [0, 0.1) is 5.82 Å². The molecule has 1 aromatic rings. The highest BCUT2D eigenvalue weighted by Gasteiger charge is 2.31. The van der Waals surface area contributed by atoms with Crippen LogP contribution in [0.1, 0.15) is 38.4 Å². The molecule has 0 saturated heterocycles. The molecule has 1 aliphatic rings. The van der Waals surface area contributed by atoms with E-state index >= 15 is 0 Å². The maximum absolute atomic E-state index is 13.1. The maximum atomic E-state index is 13.1. The van der Waals surface area contributed by atoms with Gasteiger partial charge in [-0.15, -0.1) is 0 Å². The standard InChI is InChI=1S/C14H19FO3/c1-14(2,17-3)8-10-7-12(16)11-6-9(15)4-5-13(11)18-10/h4-6,10,12,16H,7-8H2,1-3H3. The molecule has 2 atom stereocenters. The fraction of sp³-hybridized carbons (Fsp3) is 0.571. The van der Waals surface area contributed by atoms with E-state index in [9.17, 15) is 9.50 Å². The number of halogens is 1. The summed E-state index contributed by atoms with van der Waals surface area (Å²) in [4.78, 5) is 0. The third-order valence-electron chi connectivity index (χ3n) is 3.38. The number of hydrogen-bond donors (Lipinski definition) is 1.